The summed E-state index contributed by atoms with van der Waals surface area (Å²) in [6.07, 6.45) is 26.0. The molecule has 2 rings (SSSR count). The third kappa shape index (κ3) is 13.9. The molecule has 0 radical (unpaired) electrons. The molecular weight excluding hydrogens is 472 g/mol. The highest BCUT2D eigenvalue weighted by Gasteiger charge is 2.03. The molecule has 2 nitrogen and oxygen atoms in total. The molecule has 214 valence electrons. The molecular formula is C37H56N2. The molecule has 0 atom stereocenters. The first-order chi connectivity index (χ1) is 19.1. The fourth-order valence-corrected chi connectivity index (χ4v) is 5.18. The lowest BCUT2D eigenvalue weighted by atomic mass is 10.0. The van der Waals surface area contributed by atoms with Crippen LogP contribution >= 0.6 is 0 Å². The van der Waals surface area contributed by atoms with Crippen LogP contribution in [0.5, 0.6) is 0 Å². The van der Waals surface area contributed by atoms with Gasteiger partial charge < -0.3 is 0 Å². The van der Waals surface area contributed by atoms with Gasteiger partial charge in [0.1, 0.15) is 0 Å². The second-order valence-electron chi connectivity index (χ2n) is 11.1. The quantitative estimate of drug-likeness (QED) is 0.121. The van der Waals surface area contributed by atoms with Crippen LogP contribution in [0.2, 0.25) is 0 Å². The van der Waals surface area contributed by atoms with E-state index in [1.807, 2.05) is 6.21 Å². The Kier molecular flexibility index (Phi) is 17.1. The van der Waals surface area contributed by atoms with Crippen LogP contribution < -0.4 is 0 Å². The van der Waals surface area contributed by atoms with E-state index < -0.39 is 0 Å². The number of benzene rings is 2. The van der Waals surface area contributed by atoms with Gasteiger partial charge in [0.2, 0.25) is 0 Å². The number of rotatable bonds is 20. The van der Waals surface area contributed by atoms with Gasteiger partial charge in [-0.25, -0.2) is 4.99 Å². The molecule has 0 saturated carbocycles. The van der Waals surface area contributed by atoms with Gasteiger partial charge in [0.15, 0.2) is 0 Å². The van der Waals surface area contributed by atoms with E-state index in [9.17, 15) is 0 Å². The Balaban J connectivity index is 2.28. The first-order valence-electron chi connectivity index (χ1n) is 16.2. The zero-order valence-electron chi connectivity index (χ0n) is 25.9. The standard InChI is InChI=1S/C37H56N2/c1-6-11-12-13-14-15-16-17-18-23-35(39-37-28-33(21-9-4)25-34(29-37)22-10-5)30-38-36-26-31(19-7-2)24-32(27-36)20-8-3/h18,23-30H,6-17,19-22H2,1-5H3. The van der Waals surface area contributed by atoms with Crippen LogP contribution in [-0.2, 0) is 25.7 Å². The number of aryl methyl sites for hydroxylation is 4. The zero-order chi connectivity index (χ0) is 28.1. The lowest BCUT2D eigenvalue weighted by Crippen LogP contribution is -1.96. The Morgan fingerprint density at radius 3 is 1.49 bits per heavy atom. The fourth-order valence-electron chi connectivity index (χ4n) is 5.18. The summed E-state index contributed by atoms with van der Waals surface area (Å²) in [5, 5.41) is 0. The number of hydrogen-bond acceptors (Lipinski definition) is 2. The number of hydrogen-bond donors (Lipinski definition) is 0. The normalized spacial score (nSPS) is 12.3. The fraction of sp³-hybridized carbons (Fsp3) is 0.568. The van der Waals surface area contributed by atoms with E-state index in [4.69, 9.17) is 9.98 Å². The summed E-state index contributed by atoms with van der Waals surface area (Å²) in [4.78, 5) is 10.1. The Bertz CT molecular complexity index is 979. The summed E-state index contributed by atoms with van der Waals surface area (Å²) in [6.45, 7) is 11.3. The first-order valence-corrected chi connectivity index (χ1v) is 16.2. The van der Waals surface area contributed by atoms with Crippen molar-refractivity contribution >= 4 is 23.3 Å². The highest BCUT2D eigenvalue weighted by Crippen LogP contribution is 2.23. The summed E-state index contributed by atoms with van der Waals surface area (Å²) >= 11 is 0. The molecule has 0 aliphatic carbocycles. The Morgan fingerprint density at radius 2 is 1.00 bits per heavy atom. The van der Waals surface area contributed by atoms with Crippen LogP contribution in [0.25, 0.3) is 0 Å². The van der Waals surface area contributed by atoms with Gasteiger partial charge >= 0.3 is 0 Å². The molecule has 0 N–H and O–H groups in total. The van der Waals surface area contributed by atoms with Crippen molar-refractivity contribution in [3.8, 4) is 0 Å². The van der Waals surface area contributed by atoms with Gasteiger partial charge in [-0.05, 0) is 91.1 Å². The molecule has 0 unspecified atom stereocenters. The molecule has 2 heteroatoms. The smallest absolute Gasteiger partial charge is 0.0816 e. The highest BCUT2D eigenvalue weighted by molar-refractivity contribution is 6.36. The summed E-state index contributed by atoms with van der Waals surface area (Å²) in [5.74, 6) is 0. The predicted molar refractivity (Wildman–Crippen MR) is 176 cm³/mol. The topological polar surface area (TPSA) is 24.7 Å². The van der Waals surface area contributed by atoms with Crippen LogP contribution in [0.4, 0.5) is 11.4 Å². The van der Waals surface area contributed by atoms with Gasteiger partial charge in [-0.2, -0.15) is 0 Å². The predicted octanol–water partition coefficient (Wildman–Crippen LogP) is 11.7. The minimum Gasteiger partial charge on any atom is -0.255 e. The minimum absolute atomic E-state index is 0.937. The summed E-state index contributed by atoms with van der Waals surface area (Å²) < 4.78 is 0. The summed E-state index contributed by atoms with van der Waals surface area (Å²) in [7, 11) is 0. The molecule has 0 spiro atoms. The van der Waals surface area contributed by atoms with Crippen LogP contribution in [0, 0.1) is 0 Å². The lowest BCUT2D eigenvalue weighted by molar-refractivity contribution is 0.592. The van der Waals surface area contributed by atoms with E-state index in [-0.39, 0.29) is 0 Å². The Hall–Kier alpha value is -2.48. The van der Waals surface area contributed by atoms with Crippen LogP contribution in [-0.4, -0.2) is 11.9 Å². The molecule has 0 saturated heterocycles. The van der Waals surface area contributed by atoms with E-state index in [0.717, 1.165) is 74.9 Å². The zero-order valence-corrected chi connectivity index (χ0v) is 25.9. The second kappa shape index (κ2) is 20.4. The average Bonchev–Trinajstić information content (AvgIpc) is 2.91. The van der Waals surface area contributed by atoms with Crippen molar-refractivity contribution in [2.45, 2.75) is 137 Å². The van der Waals surface area contributed by atoms with Gasteiger partial charge in [-0.15, -0.1) is 0 Å². The maximum atomic E-state index is 5.13. The summed E-state index contributed by atoms with van der Waals surface area (Å²) in [5.41, 5.74) is 8.60. The molecule has 0 heterocycles. The largest absolute Gasteiger partial charge is 0.255 e. The van der Waals surface area contributed by atoms with Crippen LogP contribution in [0.1, 0.15) is 134 Å². The molecule has 39 heavy (non-hydrogen) atoms. The van der Waals surface area contributed by atoms with Crippen molar-refractivity contribution in [1.82, 2.24) is 0 Å². The monoisotopic (exact) mass is 528 g/mol. The van der Waals surface area contributed by atoms with E-state index in [2.05, 4.69) is 83.2 Å². The summed E-state index contributed by atoms with van der Waals surface area (Å²) in [6, 6.07) is 13.8. The average molecular weight is 529 g/mol. The van der Waals surface area contributed by atoms with E-state index in [1.165, 1.54) is 67.2 Å². The number of unbranched alkanes of at least 4 members (excludes halogenated alkanes) is 7. The third-order valence-electron chi connectivity index (χ3n) is 7.10. The molecule has 0 bridgehead atoms. The van der Waals surface area contributed by atoms with Crippen LogP contribution in [0.3, 0.4) is 0 Å². The molecule has 2 aromatic rings. The van der Waals surface area contributed by atoms with Crippen molar-refractivity contribution in [2.75, 3.05) is 0 Å². The van der Waals surface area contributed by atoms with E-state index in [1.54, 1.807) is 0 Å². The Labute approximate surface area is 241 Å². The van der Waals surface area contributed by atoms with Gasteiger partial charge in [0.05, 0.1) is 23.3 Å². The molecule has 2 aromatic carbocycles. The SMILES string of the molecule is CCCCCCCCCC=CC(C=Nc1cc(CCC)cc(CCC)c1)=Nc1cc(CCC)cc(CCC)c1. The van der Waals surface area contributed by atoms with Crippen molar-refractivity contribution in [3.05, 3.63) is 70.8 Å². The maximum absolute atomic E-state index is 5.13. The van der Waals surface area contributed by atoms with Gasteiger partial charge in [-0.1, -0.05) is 117 Å². The second-order valence-corrected chi connectivity index (χ2v) is 11.1. The third-order valence-corrected chi connectivity index (χ3v) is 7.10. The van der Waals surface area contributed by atoms with E-state index >= 15 is 0 Å². The van der Waals surface area contributed by atoms with Crippen molar-refractivity contribution in [2.24, 2.45) is 9.98 Å². The van der Waals surface area contributed by atoms with Crippen LogP contribution in [0.15, 0.2) is 58.5 Å². The molecule has 0 amide bonds. The maximum Gasteiger partial charge on any atom is 0.0816 e. The minimum atomic E-state index is 0.937. The first kappa shape index (κ1) is 32.7. The lowest BCUT2D eigenvalue weighted by Gasteiger charge is -2.08. The number of aliphatic imine (C=N–C) groups is 2. The highest BCUT2D eigenvalue weighted by atomic mass is 14.8. The van der Waals surface area contributed by atoms with Crippen molar-refractivity contribution in [3.63, 3.8) is 0 Å². The molecule has 0 aliphatic rings. The molecule has 0 aromatic heterocycles. The number of nitrogens with zero attached hydrogens (tertiary/aromatic N) is 2. The Morgan fingerprint density at radius 1 is 0.538 bits per heavy atom. The van der Waals surface area contributed by atoms with Gasteiger partial charge in [-0.3, -0.25) is 4.99 Å². The van der Waals surface area contributed by atoms with E-state index in [0.29, 0.717) is 0 Å². The number of allylic oxidation sites excluding steroid dienone is 2. The molecule has 0 fully saturated rings. The van der Waals surface area contributed by atoms with Gasteiger partial charge in [0, 0.05) is 0 Å². The van der Waals surface area contributed by atoms with Gasteiger partial charge in [0.25, 0.3) is 0 Å². The van der Waals surface area contributed by atoms with Crippen molar-refractivity contribution in [1.29, 1.82) is 0 Å². The molecule has 0 aliphatic heterocycles. The van der Waals surface area contributed by atoms with Crippen molar-refractivity contribution < 1.29 is 0 Å².